The summed E-state index contributed by atoms with van der Waals surface area (Å²) in [4.78, 5) is 0. The molecule has 15 heavy (non-hydrogen) atoms. The number of hydrogen-bond acceptors (Lipinski definition) is 2. The van der Waals surface area contributed by atoms with Crippen molar-refractivity contribution in [3.63, 3.8) is 0 Å². The Bertz CT molecular complexity index is 315. The molecule has 0 saturated carbocycles. The number of nitrogens with two attached hydrogens (primary N) is 1. The summed E-state index contributed by atoms with van der Waals surface area (Å²) >= 11 is 0. The molecule has 0 radical (unpaired) electrons. The minimum atomic E-state index is -0.433. The van der Waals surface area contributed by atoms with Gasteiger partial charge in [0.2, 0.25) is 0 Å². The molecule has 0 aliphatic rings. The first-order chi connectivity index (χ1) is 6.95. The average molecular weight is 207 g/mol. The van der Waals surface area contributed by atoms with E-state index in [2.05, 4.69) is 32.9 Å². The Morgan fingerprint density at radius 1 is 1.33 bits per heavy atom. The second-order valence-electron chi connectivity index (χ2n) is 4.97. The molecule has 84 valence electrons. The molecule has 2 heteroatoms. The summed E-state index contributed by atoms with van der Waals surface area (Å²) in [6.07, 6.45) is 0.186. The molecule has 0 aliphatic carbocycles. The van der Waals surface area contributed by atoms with Gasteiger partial charge in [-0.05, 0) is 29.5 Å². The average Bonchev–Trinajstić information content (AvgIpc) is 2.17. The zero-order valence-electron chi connectivity index (χ0n) is 9.83. The lowest BCUT2D eigenvalue weighted by Crippen LogP contribution is -2.12. The largest absolute Gasteiger partial charge is 0.388 e. The van der Waals surface area contributed by atoms with Gasteiger partial charge in [0, 0.05) is 0 Å². The summed E-state index contributed by atoms with van der Waals surface area (Å²) in [6.45, 7) is 7.02. The van der Waals surface area contributed by atoms with Crippen LogP contribution in [0.5, 0.6) is 0 Å². The molecule has 2 nitrogen and oxygen atoms in total. The zero-order valence-corrected chi connectivity index (χ0v) is 9.83. The first kappa shape index (κ1) is 12.2. The molecule has 0 fully saturated rings. The highest BCUT2D eigenvalue weighted by Gasteiger charge is 2.15. The van der Waals surface area contributed by atoms with Crippen LogP contribution in [0.15, 0.2) is 24.3 Å². The lowest BCUT2D eigenvalue weighted by Gasteiger charge is -2.21. The summed E-state index contributed by atoms with van der Waals surface area (Å²) in [7, 11) is 0. The molecular formula is C13H21NO. The first-order valence-corrected chi connectivity index (χ1v) is 5.43. The Morgan fingerprint density at radius 3 is 2.53 bits per heavy atom. The molecular weight excluding hydrogens is 186 g/mol. The molecule has 1 unspecified atom stereocenters. The van der Waals surface area contributed by atoms with Gasteiger partial charge >= 0.3 is 0 Å². The lowest BCUT2D eigenvalue weighted by atomic mass is 9.85. The van der Waals surface area contributed by atoms with E-state index in [1.165, 1.54) is 5.56 Å². The Balaban J connectivity index is 2.92. The monoisotopic (exact) mass is 207 g/mol. The summed E-state index contributed by atoms with van der Waals surface area (Å²) in [5, 5.41) is 9.83. The highest BCUT2D eigenvalue weighted by atomic mass is 16.3. The van der Waals surface area contributed by atoms with E-state index < -0.39 is 6.10 Å². The maximum absolute atomic E-state index is 9.83. The van der Waals surface area contributed by atoms with Crippen molar-refractivity contribution in [1.82, 2.24) is 0 Å². The first-order valence-electron chi connectivity index (χ1n) is 5.43. The van der Waals surface area contributed by atoms with Crippen LogP contribution in [0.2, 0.25) is 0 Å². The predicted molar refractivity (Wildman–Crippen MR) is 63.8 cm³/mol. The van der Waals surface area contributed by atoms with Gasteiger partial charge < -0.3 is 10.8 Å². The van der Waals surface area contributed by atoms with Crippen LogP contribution in [0.1, 0.15) is 44.4 Å². The molecule has 1 aromatic carbocycles. The predicted octanol–water partition coefficient (Wildman–Crippen LogP) is 2.37. The Morgan fingerprint density at radius 2 is 2.00 bits per heavy atom. The van der Waals surface area contributed by atoms with Gasteiger partial charge in [0.1, 0.15) is 0 Å². The van der Waals surface area contributed by atoms with Gasteiger partial charge in [-0.15, -0.1) is 0 Å². The van der Waals surface area contributed by atoms with E-state index in [0.717, 1.165) is 5.56 Å². The van der Waals surface area contributed by atoms with Crippen LogP contribution < -0.4 is 5.73 Å². The third-order valence-electron chi connectivity index (χ3n) is 2.58. The van der Waals surface area contributed by atoms with Crippen molar-refractivity contribution in [2.45, 2.75) is 38.7 Å². The van der Waals surface area contributed by atoms with Crippen molar-refractivity contribution in [2.24, 2.45) is 5.73 Å². The molecule has 3 N–H and O–H groups in total. The van der Waals surface area contributed by atoms with E-state index in [-0.39, 0.29) is 5.41 Å². The van der Waals surface area contributed by atoms with Gasteiger partial charge in [0.25, 0.3) is 0 Å². The maximum atomic E-state index is 9.83. The third kappa shape index (κ3) is 3.33. The smallest absolute Gasteiger partial charge is 0.0802 e. The molecule has 1 aromatic rings. The third-order valence-corrected chi connectivity index (χ3v) is 2.58. The van der Waals surface area contributed by atoms with E-state index in [9.17, 15) is 5.11 Å². The standard InChI is InChI=1S/C13H21NO/c1-13(2,3)11-6-4-5-10(9-11)12(15)7-8-14/h4-6,9,12,15H,7-8,14H2,1-3H3. The molecule has 0 amide bonds. The minimum Gasteiger partial charge on any atom is -0.388 e. The molecule has 0 aliphatic heterocycles. The van der Waals surface area contributed by atoms with Gasteiger partial charge in [0.05, 0.1) is 6.10 Å². The summed E-state index contributed by atoms with van der Waals surface area (Å²) in [5.74, 6) is 0. The fourth-order valence-electron chi connectivity index (χ4n) is 1.54. The molecule has 0 aromatic heterocycles. The second-order valence-corrected chi connectivity index (χ2v) is 4.97. The molecule has 0 spiro atoms. The van der Waals surface area contributed by atoms with Crippen LogP contribution in [0, 0.1) is 0 Å². The summed E-state index contributed by atoms with van der Waals surface area (Å²) in [5.41, 5.74) is 7.77. The fraction of sp³-hybridized carbons (Fsp3) is 0.538. The van der Waals surface area contributed by atoms with Gasteiger partial charge in [-0.25, -0.2) is 0 Å². The van der Waals surface area contributed by atoms with Crippen LogP contribution in [0.25, 0.3) is 0 Å². The van der Waals surface area contributed by atoms with Crippen molar-refractivity contribution in [3.05, 3.63) is 35.4 Å². The van der Waals surface area contributed by atoms with E-state index >= 15 is 0 Å². The van der Waals surface area contributed by atoms with Gasteiger partial charge in [-0.1, -0.05) is 45.0 Å². The number of aliphatic hydroxyl groups is 1. The number of aliphatic hydroxyl groups excluding tert-OH is 1. The summed E-state index contributed by atoms with van der Waals surface area (Å²) in [6, 6.07) is 8.12. The van der Waals surface area contributed by atoms with Crippen LogP contribution in [0.4, 0.5) is 0 Å². The van der Waals surface area contributed by atoms with Crippen LogP contribution in [0.3, 0.4) is 0 Å². The molecule has 0 heterocycles. The summed E-state index contributed by atoms with van der Waals surface area (Å²) < 4.78 is 0. The van der Waals surface area contributed by atoms with E-state index in [0.29, 0.717) is 13.0 Å². The van der Waals surface area contributed by atoms with Gasteiger partial charge in [0.15, 0.2) is 0 Å². The maximum Gasteiger partial charge on any atom is 0.0802 e. The zero-order chi connectivity index (χ0) is 11.5. The number of rotatable bonds is 3. The topological polar surface area (TPSA) is 46.2 Å². The van der Waals surface area contributed by atoms with E-state index in [1.54, 1.807) is 0 Å². The SMILES string of the molecule is CC(C)(C)c1cccc(C(O)CCN)c1. The molecule has 0 saturated heterocycles. The van der Waals surface area contributed by atoms with Crippen molar-refractivity contribution < 1.29 is 5.11 Å². The van der Waals surface area contributed by atoms with Crippen LogP contribution in [-0.2, 0) is 5.41 Å². The molecule has 1 rings (SSSR count). The van der Waals surface area contributed by atoms with Crippen LogP contribution in [-0.4, -0.2) is 11.7 Å². The normalized spacial score (nSPS) is 13.9. The quantitative estimate of drug-likeness (QED) is 0.799. The van der Waals surface area contributed by atoms with Gasteiger partial charge in [-0.2, -0.15) is 0 Å². The van der Waals surface area contributed by atoms with Gasteiger partial charge in [-0.3, -0.25) is 0 Å². The number of hydrogen-bond donors (Lipinski definition) is 2. The van der Waals surface area contributed by atoms with Crippen molar-refractivity contribution in [3.8, 4) is 0 Å². The van der Waals surface area contributed by atoms with Crippen molar-refractivity contribution >= 4 is 0 Å². The minimum absolute atomic E-state index is 0.123. The second kappa shape index (κ2) is 4.77. The molecule has 0 bridgehead atoms. The Kier molecular flexibility index (Phi) is 3.89. The highest BCUT2D eigenvalue weighted by Crippen LogP contribution is 2.25. The van der Waals surface area contributed by atoms with Crippen molar-refractivity contribution in [1.29, 1.82) is 0 Å². The van der Waals surface area contributed by atoms with Crippen LogP contribution >= 0.6 is 0 Å². The Hall–Kier alpha value is -0.860. The van der Waals surface area contributed by atoms with E-state index in [1.807, 2.05) is 12.1 Å². The highest BCUT2D eigenvalue weighted by molar-refractivity contribution is 5.29. The molecule has 1 atom stereocenters. The van der Waals surface area contributed by atoms with E-state index in [4.69, 9.17) is 5.73 Å². The lowest BCUT2D eigenvalue weighted by molar-refractivity contribution is 0.170. The number of benzene rings is 1. The Labute approximate surface area is 92.1 Å². The fourth-order valence-corrected chi connectivity index (χ4v) is 1.54. The van der Waals surface area contributed by atoms with Crippen molar-refractivity contribution in [2.75, 3.05) is 6.54 Å².